The van der Waals surface area contributed by atoms with Gasteiger partial charge in [0.2, 0.25) is 0 Å². The normalized spacial score (nSPS) is 12.4. The van der Waals surface area contributed by atoms with E-state index in [1.165, 1.54) is 63.7 Å². The third-order valence-electron chi connectivity index (χ3n) is 8.64. The van der Waals surface area contributed by atoms with Gasteiger partial charge in [-0.25, -0.2) is 4.98 Å². The molecule has 0 N–H and O–H groups in total. The maximum Gasteiger partial charge on any atom is 0.146 e. The second kappa shape index (κ2) is 8.65. The molecule has 3 nitrogen and oxygen atoms in total. The standard InChI is InChI=1S/C38H25N3S/c1-3-4-16-29-23(2)40-37-26(20-22-33-35(37)28-15-9-11-18-32(28)42-33)25-19-21-31-34(36(25)38(40)39-29)27-14-8-10-17-30(27)41(31)24-12-6-5-7-13-24/h3-22H,1H2,2H3/b16-4-. The predicted octanol–water partition coefficient (Wildman–Crippen LogP) is 10.6. The van der Waals surface area contributed by atoms with Crippen LogP contribution in [0.5, 0.6) is 0 Å². The number of hydrogen-bond acceptors (Lipinski definition) is 2. The van der Waals surface area contributed by atoms with E-state index in [4.69, 9.17) is 4.98 Å². The van der Waals surface area contributed by atoms with Crippen molar-refractivity contribution < 1.29 is 0 Å². The summed E-state index contributed by atoms with van der Waals surface area (Å²) in [4.78, 5) is 5.36. The lowest BCUT2D eigenvalue weighted by molar-refractivity contribution is 1.17. The van der Waals surface area contributed by atoms with Crippen LogP contribution in [0.15, 0.2) is 122 Å². The first kappa shape index (κ1) is 23.5. The monoisotopic (exact) mass is 555 g/mol. The van der Waals surface area contributed by atoms with Crippen LogP contribution in [0.4, 0.5) is 0 Å². The molecule has 0 fully saturated rings. The number of fused-ring (bicyclic) bond motifs is 14. The lowest BCUT2D eigenvalue weighted by Crippen LogP contribution is -1.96. The lowest BCUT2D eigenvalue weighted by Gasteiger charge is -2.13. The molecule has 0 unspecified atom stereocenters. The Morgan fingerprint density at radius 2 is 1.43 bits per heavy atom. The molecule has 0 aliphatic heterocycles. The molecule has 0 bridgehead atoms. The van der Waals surface area contributed by atoms with Gasteiger partial charge >= 0.3 is 0 Å². The van der Waals surface area contributed by atoms with Crippen molar-refractivity contribution in [3.05, 3.63) is 133 Å². The van der Waals surface area contributed by atoms with Gasteiger partial charge in [-0.15, -0.1) is 11.3 Å². The van der Waals surface area contributed by atoms with Gasteiger partial charge in [-0.2, -0.15) is 0 Å². The van der Waals surface area contributed by atoms with Crippen LogP contribution in [-0.4, -0.2) is 14.0 Å². The molecule has 4 heteroatoms. The average Bonchev–Trinajstić information content (AvgIpc) is 3.69. The van der Waals surface area contributed by atoms with E-state index in [9.17, 15) is 0 Å². The zero-order valence-corrected chi connectivity index (χ0v) is 23.8. The summed E-state index contributed by atoms with van der Waals surface area (Å²) in [6.45, 7) is 6.10. The molecule has 5 aromatic carbocycles. The van der Waals surface area contributed by atoms with Crippen LogP contribution in [0.25, 0.3) is 81.1 Å². The van der Waals surface area contributed by atoms with Crippen LogP contribution in [0.1, 0.15) is 11.4 Å². The molecule has 0 radical (unpaired) electrons. The van der Waals surface area contributed by atoms with Crippen LogP contribution in [0, 0.1) is 6.92 Å². The summed E-state index contributed by atoms with van der Waals surface area (Å²) in [5, 5.41) is 8.71. The maximum absolute atomic E-state index is 5.36. The van der Waals surface area contributed by atoms with E-state index in [1.807, 2.05) is 23.5 Å². The number of rotatable bonds is 3. The summed E-state index contributed by atoms with van der Waals surface area (Å²) in [7, 11) is 0. The number of aromatic nitrogens is 3. The highest BCUT2D eigenvalue weighted by Crippen LogP contribution is 2.45. The predicted molar refractivity (Wildman–Crippen MR) is 181 cm³/mol. The van der Waals surface area contributed by atoms with Crippen LogP contribution < -0.4 is 0 Å². The van der Waals surface area contributed by atoms with Gasteiger partial charge in [0.25, 0.3) is 0 Å². The fourth-order valence-corrected chi connectivity index (χ4v) is 8.01. The molecular weight excluding hydrogens is 531 g/mol. The molecule has 4 heterocycles. The fourth-order valence-electron chi connectivity index (χ4n) is 6.90. The van der Waals surface area contributed by atoms with Crippen molar-refractivity contribution in [3.63, 3.8) is 0 Å². The Labute approximate surface area is 245 Å². The van der Waals surface area contributed by atoms with Gasteiger partial charge in [0.1, 0.15) is 5.65 Å². The van der Waals surface area contributed by atoms with E-state index in [-0.39, 0.29) is 0 Å². The van der Waals surface area contributed by atoms with Crippen LogP contribution in [0.3, 0.4) is 0 Å². The molecule has 0 aliphatic carbocycles. The van der Waals surface area contributed by atoms with Crippen molar-refractivity contribution in [1.82, 2.24) is 14.0 Å². The zero-order valence-electron chi connectivity index (χ0n) is 23.0. The second-order valence-corrected chi connectivity index (χ2v) is 11.9. The summed E-state index contributed by atoms with van der Waals surface area (Å²) >= 11 is 1.86. The van der Waals surface area contributed by atoms with E-state index in [1.54, 1.807) is 0 Å². The van der Waals surface area contributed by atoms with Crippen molar-refractivity contribution in [2.75, 3.05) is 0 Å². The minimum Gasteiger partial charge on any atom is -0.309 e. The summed E-state index contributed by atoms with van der Waals surface area (Å²) in [5.41, 5.74) is 7.83. The smallest absolute Gasteiger partial charge is 0.146 e. The third-order valence-corrected chi connectivity index (χ3v) is 9.78. The first-order chi connectivity index (χ1) is 20.7. The Morgan fingerprint density at radius 3 is 2.29 bits per heavy atom. The average molecular weight is 556 g/mol. The second-order valence-electron chi connectivity index (χ2n) is 10.8. The number of pyridine rings is 1. The number of imidazole rings is 1. The van der Waals surface area contributed by atoms with Gasteiger partial charge in [0.15, 0.2) is 0 Å². The fraction of sp³-hybridized carbons (Fsp3) is 0.0263. The van der Waals surface area contributed by atoms with Crippen LogP contribution in [0.2, 0.25) is 0 Å². The Hall–Kier alpha value is -5.19. The number of para-hydroxylation sites is 2. The minimum atomic E-state index is 0.962. The summed E-state index contributed by atoms with van der Waals surface area (Å²) in [6, 6.07) is 37.4. The maximum atomic E-state index is 5.36. The Bertz CT molecular complexity index is 2590. The van der Waals surface area contributed by atoms with E-state index in [0.29, 0.717) is 0 Å². The molecule has 198 valence electrons. The van der Waals surface area contributed by atoms with Gasteiger partial charge < -0.3 is 4.57 Å². The van der Waals surface area contributed by atoms with Crippen molar-refractivity contribution in [2.45, 2.75) is 6.92 Å². The Kier molecular flexibility index (Phi) is 4.84. The number of benzene rings is 5. The molecule has 0 spiro atoms. The summed E-state index contributed by atoms with van der Waals surface area (Å²) in [5.74, 6) is 0. The SMILES string of the molecule is C=C/C=C\c1nc2c3c(ccc4c3c3ccccc3n4-c3ccccc3)c3ccc4sc5ccccc5c4c3n2c1C. The Balaban J connectivity index is 1.59. The molecule has 9 rings (SSSR count). The molecule has 0 atom stereocenters. The van der Waals surface area contributed by atoms with Gasteiger partial charge in [-0.05, 0) is 54.8 Å². The molecule has 42 heavy (non-hydrogen) atoms. The molecule has 9 aromatic rings. The van der Waals surface area contributed by atoms with Crippen molar-refractivity contribution in [3.8, 4) is 5.69 Å². The van der Waals surface area contributed by atoms with Gasteiger partial charge in [-0.1, -0.05) is 85.5 Å². The van der Waals surface area contributed by atoms with Gasteiger partial charge in [0, 0.05) is 53.1 Å². The number of allylic oxidation sites excluding steroid dienone is 2. The van der Waals surface area contributed by atoms with Crippen molar-refractivity contribution in [1.29, 1.82) is 0 Å². The van der Waals surface area contributed by atoms with Crippen molar-refractivity contribution in [2.24, 2.45) is 0 Å². The van der Waals surface area contributed by atoms with E-state index in [2.05, 4.69) is 132 Å². The molecule has 0 saturated heterocycles. The molecule has 0 amide bonds. The van der Waals surface area contributed by atoms with Gasteiger partial charge in [-0.3, -0.25) is 4.40 Å². The molecular formula is C38H25N3S. The number of hydrogen-bond donors (Lipinski definition) is 0. The highest BCUT2D eigenvalue weighted by atomic mass is 32.1. The number of nitrogens with zero attached hydrogens (tertiary/aromatic N) is 3. The topological polar surface area (TPSA) is 22.2 Å². The third kappa shape index (κ3) is 3.02. The first-order valence-electron chi connectivity index (χ1n) is 14.2. The summed E-state index contributed by atoms with van der Waals surface area (Å²) in [6.07, 6.45) is 5.87. The highest BCUT2D eigenvalue weighted by Gasteiger charge is 2.23. The zero-order chi connectivity index (χ0) is 27.9. The Morgan fingerprint density at radius 1 is 0.667 bits per heavy atom. The van der Waals surface area contributed by atoms with Crippen molar-refractivity contribution >= 4 is 86.7 Å². The number of aryl methyl sites for hydroxylation is 1. The highest BCUT2D eigenvalue weighted by molar-refractivity contribution is 7.26. The van der Waals surface area contributed by atoms with Gasteiger partial charge in [0.05, 0.1) is 22.2 Å². The quantitative estimate of drug-likeness (QED) is 0.157. The largest absolute Gasteiger partial charge is 0.309 e. The lowest BCUT2D eigenvalue weighted by atomic mass is 9.99. The van der Waals surface area contributed by atoms with E-state index in [0.717, 1.165) is 22.7 Å². The van der Waals surface area contributed by atoms with E-state index < -0.39 is 0 Å². The minimum absolute atomic E-state index is 0.962. The van der Waals surface area contributed by atoms with Crippen LogP contribution >= 0.6 is 11.3 Å². The summed E-state index contributed by atoms with van der Waals surface area (Å²) < 4.78 is 7.40. The first-order valence-corrected chi connectivity index (χ1v) is 15.0. The van der Waals surface area contributed by atoms with E-state index >= 15 is 0 Å². The number of thiophene rings is 1. The van der Waals surface area contributed by atoms with Crippen LogP contribution in [-0.2, 0) is 0 Å². The molecule has 0 saturated carbocycles. The molecule has 4 aromatic heterocycles. The molecule has 0 aliphatic rings.